The van der Waals surface area contributed by atoms with Crippen molar-refractivity contribution in [2.24, 2.45) is 0 Å². The first-order valence-electron chi connectivity index (χ1n) is 6.76. The van der Waals surface area contributed by atoms with Crippen molar-refractivity contribution in [3.8, 4) is 0 Å². The minimum Gasteiger partial charge on any atom is -0.0654 e. The van der Waals surface area contributed by atoms with Gasteiger partial charge in [0.2, 0.25) is 0 Å². The van der Waals surface area contributed by atoms with Crippen molar-refractivity contribution < 1.29 is 0 Å². The SMILES string of the molecule is CCCCCC(CC)c1c(C)cccc1C. The summed E-state index contributed by atoms with van der Waals surface area (Å²) >= 11 is 0. The Kier molecular flexibility index (Phi) is 5.59. The van der Waals surface area contributed by atoms with Crippen molar-refractivity contribution in [1.82, 2.24) is 0 Å². The van der Waals surface area contributed by atoms with E-state index in [0.717, 1.165) is 5.92 Å². The number of rotatable bonds is 6. The molecule has 0 spiro atoms. The molecule has 1 atom stereocenters. The summed E-state index contributed by atoms with van der Waals surface area (Å²) in [5.41, 5.74) is 4.56. The summed E-state index contributed by atoms with van der Waals surface area (Å²) in [7, 11) is 0. The molecule has 0 N–H and O–H groups in total. The highest BCUT2D eigenvalue weighted by atomic mass is 14.2. The fourth-order valence-electron chi connectivity index (χ4n) is 2.66. The van der Waals surface area contributed by atoms with Gasteiger partial charge in [0.25, 0.3) is 0 Å². The van der Waals surface area contributed by atoms with Gasteiger partial charge >= 0.3 is 0 Å². The molecule has 0 aliphatic carbocycles. The zero-order valence-corrected chi connectivity index (χ0v) is 11.3. The zero-order chi connectivity index (χ0) is 12.0. The van der Waals surface area contributed by atoms with E-state index in [1.807, 2.05) is 0 Å². The molecule has 1 rings (SSSR count). The third kappa shape index (κ3) is 3.37. The monoisotopic (exact) mass is 218 g/mol. The van der Waals surface area contributed by atoms with Crippen molar-refractivity contribution in [2.75, 3.05) is 0 Å². The van der Waals surface area contributed by atoms with Crippen LogP contribution in [0.15, 0.2) is 18.2 Å². The molecule has 0 aliphatic heterocycles. The fraction of sp³-hybridized carbons (Fsp3) is 0.625. The van der Waals surface area contributed by atoms with E-state index in [2.05, 4.69) is 45.9 Å². The van der Waals surface area contributed by atoms with Crippen molar-refractivity contribution >= 4 is 0 Å². The van der Waals surface area contributed by atoms with Crippen molar-refractivity contribution in [1.29, 1.82) is 0 Å². The van der Waals surface area contributed by atoms with Crippen LogP contribution in [0.25, 0.3) is 0 Å². The Morgan fingerprint density at radius 1 is 1.00 bits per heavy atom. The van der Waals surface area contributed by atoms with Crippen LogP contribution in [0.5, 0.6) is 0 Å². The average molecular weight is 218 g/mol. The first-order chi connectivity index (χ1) is 7.70. The maximum Gasteiger partial charge on any atom is -0.0159 e. The highest BCUT2D eigenvalue weighted by Gasteiger charge is 2.13. The van der Waals surface area contributed by atoms with E-state index in [9.17, 15) is 0 Å². The predicted molar refractivity (Wildman–Crippen MR) is 73.1 cm³/mol. The van der Waals surface area contributed by atoms with Gasteiger partial charge < -0.3 is 0 Å². The lowest BCUT2D eigenvalue weighted by Crippen LogP contribution is -2.02. The summed E-state index contributed by atoms with van der Waals surface area (Å²) in [6.45, 7) is 9.11. The molecule has 1 unspecified atom stereocenters. The molecule has 1 aromatic carbocycles. The first kappa shape index (κ1) is 13.3. The standard InChI is InChI=1S/C16H26/c1-5-7-8-12-15(6-2)16-13(3)10-9-11-14(16)4/h9-11,15H,5-8,12H2,1-4H3. The Morgan fingerprint density at radius 3 is 2.12 bits per heavy atom. The van der Waals surface area contributed by atoms with Gasteiger partial charge in [0.05, 0.1) is 0 Å². The topological polar surface area (TPSA) is 0 Å². The summed E-state index contributed by atoms with van der Waals surface area (Å²) in [4.78, 5) is 0. The lowest BCUT2D eigenvalue weighted by Gasteiger charge is -2.20. The second-order valence-corrected chi connectivity index (χ2v) is 4.91. The van der Waals surface area contributed by atoms with Gasteiger partial charge in [-0.15, -0.1) is 0 Å². The van der Waals surface area contributed by atoms with E-state index in [4.69, 9.17) is 0 Å². The number of unbranched alkanes of at least 4 members (excludes halogenated alkanes) is 2. The summed E-state index contributed by atoms with van der Waals surface area (Å²) < 4.78 is 0. The van der Waals surface area contributed by atoms with E-state index in [1.165, 1.54) is 43.2 Å². The quantitative estimate of drug-likeness (QED) is 0.562. The first-order valence-corrected chi connectivity index (χ1v) is 6.76. The molecule has 0 saturated heterocycles. The third-order valence-corrected chi connectivity index (χ3v) is 3.60. The van der Waals surface area contributed by atoms with E-state index >= 15 is 0 Å². The predicted octanol–water partition coefficient (Wildman–Crippen LogP) is 5.38. The lowest BCUT2D eigenvalue weighted by molar-refractivity contribution is 0.549. The van der Waals surface area contributed by atoms with Gasteiger partial charge in [-0.1, -0.05) is 51.3 Å². The van der Waals surface area contributed by atoms with Crippen LogP contribution in [0.3, 0.4) is 0 Å². The van der Waals surface area contributed by atoms with Crippen molar-refractivity contribution in [3.05, 3.63) is 34.9 Å². The van der Waals surface area contributed by atoms with Crippen molar-refractivity contribution in [3.63, 3.8) is 0 Å². The molecule has 0 nitrogen and oxygen atoms in total. The molecule has 0 heterocycles. The Balaban J connectivity index is 2.78. The average Bonchev–Trinajstić information content (AvgIpc) is 2.26. The van der Waals surface area contributed by atoms with E-state index < -0.39 is 0 Å². The summed E-state index contributed by atoms with van der Waals surface area (Å²) in [6.07, 6.45) is 6.71. The van der Waals surface area contributed by atoms with Crippen LogP contribution in [-0.4, -0.2) is 0 Å². The molecule has 0 radical (unpaired) electrons. The minimum absolute atomic E-state index is 0.771. The molecule has 16 heavy (non-hydrogen) atoms. The van der Waals surface area contributed by atoms with Crippen LogP contribution in [-0.2, 0) is 0 Å². The lowest BCUT2D eigenvalue weighted by atomic mass is 9.85. The molecule has 0 heteroatoms. The van der Waals surface area contributed by atoms with Gasteiger partial charge in [0, 0.05) is 0 Å². The largest absolute Gasteiger partial charge is 0.0654 e. The second-order valence-electron chi connectivity index (χ2n) is 4.91. The number of aryl methyl sites for hydroxylation is 2. The second kappa shape index (κ2) is 6.73. The van der Waals surface area contributed by atoms with Crippen LogP contribution in [0.4, 0.5) is 0 Å². The summed E-state index contributed by atoms with van der Waals surface area (Å²) in [6, 6.07) is 6.68. The van der Waals surface area contributed by atoms with Gasteiger partial charge in [-0.3, -0.25) is 0 Å². The van der Waals surface area contributed by atoms with Gasteiger partial charge in [-0.25, -0.2) is 0 Å². The molecule has 0 bridgehead atoms. The van der Waals surface area contributed by atoms with Gasteiger partial charge in [-0.2, -0.15) is 0 Å². The number of hydrogen-bond acceptors (Lipinski definition) is 0. The van der Waals surface area contributed by atoms with Gasteiger partial charge in [0.15, 0.2) is 0 Å². The molecular formula is C16H26. The molecule has 90 valence electrons. The smallest absolute Gasteiger partial charge is 0.0159 e. The normalized spacial score (nSPS) is 12.8. The maximum atomic E-state index is 2.32. The number of hydrogen-bond donors (Lipinski definition) is 0. The molecule has 0 saturated carbocycles. The molecule has 0 aliphatic rings. The summed E-state index contributed by atoms with van der Waals surface area (Å²) in [5, 5.41) is 0. The maximum absolute atomic E-state index is 2.32. The van der Waals surface area contributed by atoms with E-state index in [1.54, 1.807) is 5.56 Å². The van der Waals surface area contributed by atoms with Crippen LogP contribution in [0, 0.1) is 13.8 Å². The minimum atomic E-state index is 0.771. The highest BCUT2D eigenvalue weighted by Crippen LogP contribution is 2.30. The summed E-state index contributed by atoms with van der Waals surface area (Å²) in [5.74, 6) is 0.771. The number of benzene rings is 1. The Labute approximate surface area is 101 Å². The molecule has 0 amide bonds. The van der Waals surface area contributed by atoms with Crippen LogP contribution in [0.2, 0.25) is 0 Å². The third-order valence-electron chi connectivity index (χ3n) is 3.60. The Hall–Kier alpha value is -0.780. The van der Waals surface area contributed by atoms with Crippen LogP contribution >= 0.6 is 0 Å². The van der Waals surface area contributed by atoms with Gasteiger partial charge in [-0.05, 0) is 49.3 Å². The van der Waals surface area contributed by atoms with E-state index in [0.29, 0.717) is 0 Å². The molecule has 1 aromatic rings. The Bertz CT molecular complexity index is 292. The van der Waals surface area contributed by atoms with Crippen molar-refractivity contribution in [2.45, 2.75) is 65.7 Å². The van der Waals surface area contributed by atoms with Gasteiger partial charge in [0.1, 0.15) is 0 Å². The van der Waals surface area contributed by atoms with Crippen LogP contribution in [0.1, 0.15) is 68.6 Å². The fourth-order valence-corrected chi connectivity index (χ4v) is 2.66. The molecule has 0 aromatic heterocycles. The Morgan fingerprint density at radius 2 is 1.62 bits per heavy atom. The molecular weight excluding hydrogens is 192 g/mol. The van der Waals surface area contributed by atoms with Crippen LogP contribution < -0.4 is 0 Å². The zero-order valence-electron chi connectivity index (χ0n) is 11.3. The molecule has 0 fully saturated rings. The highest BCUT2D eigenvalue weighted by molar-refractivity contribution is 5.36. The van der Waals surface area contributed by atoms with E-state index in [-0.39, 0.29) is 0 Å².